The fraction of sp³-hybridized carbons (Fsp3) is 0.227. The Kier molecular flexibility index (Phi) is 6.81. The van der Waals surface area contributed by atoms with Gasteiger partial charge in [-0.25, -0.2) is 4.39 Å². The maximum absolute atomic E-state index is 13.4. The first-order valence-corrected chi connectivity index (χ1v) is 11.0. The Morgan fingerprint density at radius 3 is 2.60 bits per heavy atom. The van der Waals surface area contributed by atoms with Crippen molar-refractivity contribution in [2.24, 2.45) is 5.73 Å². The number of fused-ring (bicyclic) bond motifs is 1. The number of halogens is 5. The number of benzene rings is 1. The summed E-state index contributed by atoms with van der Waals surface area (Å²) < 4.78 is 57.8. The summed E-state index contributed by atoms with van der Waals surface area (Å²) in [6.45, 7) is 0.187. The molecule has 4 rings (SSSR count). The van der Waals surface area contributed by atoms with Gasteiger partial charge in [0.2, 0.25) is 5.89 Å². The molecule has 0 bridgehead atoms. The number of aromatic nitrogens is 3. The number of amides is 1. The minimum absolute atomic E-state index is 0.0785. The molecule has 0 aliphatic carbocycles. The molecule has 4 N–H and O–H groups in total. The van der Waals surface area contributed by atoms with Crippen molar-refractivity contribution >= 4 is 33.4 Å². The fourth-order valence-corrected chi connectivity index (χ4v) is 4.22. The molecule has 1 aromatic carbocycles. The van der Waals surface area contributed by atoms with Gasteiger partial charge in [0.25, 0.3) is 5.91 Å². The molecular formula is C22H18BrF4N5O3. The van der Waals surface area contributed by atoms with Gasteiger partial charge in [-0.05, 0) is 69.9 Å². The van der Waals surface area contributed by atoms with Gasteiger partial charge in [0.1, 0.15) is 11.9 Å². The summed E-state index contributed by atoms with van der Waals surface area (Å²) in [5.74, 6) is -1.40. The van der Waals surface area contributed by atoms with E-state index >= 15 is 0 Å². The van der Waals surface area contributed by atoms with E-state index in [1.54, 1.807) is 34.9 Å². The Hall–Kier alpha value is -3.45. The van der Waals surface area contributed by atoms with Crippen LogP contribution in [0.2, 0.25) is 0 Å². The molecule has 4 aromatic rings. The van der Waals surface area contributed by atoms with E-state index in [2.05, 4.69) is 31.4 Å². The molecule has 0 aliphatic rings. The van der Waals surface area contributed by atoms with E-state index in [0.717, 1.165) is 5.56 Å². The summed E-state index contributed by atoms with van der Waals surface area (Å²) in [6, 6.07) is 9.09. The summed E-state index contributed by atoms with van der Waals surface area (Å²) in [5.41, 5.74) is 8.28. The van der Waals surface area contributed by atoms with Crippen molar-refractivity contribution in [1.82, 2.24) is 14.6 Å². The van der Waals surface area contributed by atoms with Gasteiger partial charge in [0.05, 0.1) is 21.2 Å². The van der Waals surface area contributed by atoms with Crippen molar-refractivity contribution in [3.63, 3.8) is 0 Å². The summed E-state index contributed by atoms with van der Waals surface area (Å²) in [6.07, 6.45) is -6.01. The van der Waals surface area contributed by atoms with Crippen molar-refractivity contribution in [2.75, 3.05) is 5.32 Å². The first-order valence-electron chi connectivity index (χ1n) is 10.2. The number of nitrogens with zero attached hydrogens (tertiary/aromatic N) is 3. The average Bonchev–Trinajstić information content (AvgIpc) is 3.39. The van der Waals surface area contributed by atoms with Gasteiger partial charge in [-0.3, -0.25) is 4.79 Å². The lowest BCUT2D eigenvalue weighted by Gasteiger charge is -2.08. The van der Waals surface area contributed by atoms with Crippen molar-refractivity contribution in [3.05, 3.63) is 69.9 Å². The molecule has 0 saturated heterocycles. The Labute approximate surface area is 203 Å². The van der Waals surface area contributed by atoms with Crippen molar-refractivity contribution in [3.8, 4) is 11.3 Å². The van der Waals surface area contributed by atoms with E-state index in [-0.39, 0.29) is 24.0 Å². The van der Waals surface area contributed by atoms with Crippen LogP contribution in [-0.4, -0.2) is 31.8 Å². The van der Waals surface area contributed by atoms with Crippen LogP contribution < -0.4 is 11.1 Å². The van der Waals surface area contributed by atoms with Gasteiger partial charge in [-0.15, -0.1) is 5.10 Å². The number of carbonyl (C=O) groups excluding carboxylic acids is 1. The molecule has 1 amide bonds. The molecule has 0 radical (unpaired) electrons. The lowest BCUT2D eigenvalue weighted by atomic mass is 10.1. The van der Waals surface area contributed by atoms with Crippen LogP contribution in [0.4, 0.5) is 23.6 Å². The molecule has 35 heavy (non-hydrogen) atoms. The Morgan fingerprint density at radius 1 is 1.23 bits per heavy atom. The van der Waals surface area contributed by atoms with Crippen molar-refractivity contribution in [1.29, 1.82) is 0 Å². The van der Waals surface area contributed by atoms with Crippen LogP contribution in [0.15, 0.2) is 51.5 Å². The maximum Gasteiger partial charge on any atom is 0.389 e. The molecule has 1 atom stereocenters. The first-order chi connectivity index (χ1) is 16.5. The number of nitrogens with two attached hydrogens (primary N) is 1. The van der Waals surface area contributed by atoms with E-state index in [1.165, 1.54) is 12.1 Å². The van der Waals surface area contributed by atoms with Gasteiger partial charge >= 0.3 is 12.2 Å². The van der Waals surface area contributed by atoms with Crippen LogP contribution in [0.3, 0.4) is 0 Å². The van der Waals surface area contributed by atoms with Gasteiger partial charge in [0.15, 0.2) is 0 Å². The number of aliphatic hydroxyl groups excluding tert-OH is 1. The Morgan fingerprint density at radius 2 is 1.94 bits per heavy atom. The molecule has 0 fully saturated rings. The molecule has 0 aliphatic heterocycles. The zero-order valence-electron chi connectivity index (χ0n) is 17.8. The third-order valence-electron chi connectivity index (χ3n) is 5.18. The van der Waals surface area contributed by atoms with Gasteiger partial charge < -0.3 is 25.0 Å². The lowest BCUT2D eigenvalue weighted by molar-refractivity contribution is -0.140. The molecule has 13 heteroatoms. The quantitative estimate of drug-likeness (QED) is 0.264. The number of pyridine rings is 1. The number of alkyl halides is 3. The number of hydrogen-bond donors (Lipinski definition) is 3. The number of aliphatic hydroxyl groups is 1. The molecular weight excluding hydrogens is 538 g/mol. The zero-order valence-corrected chi connectivity index (χ0v) is 19.4. The molecule has 8 nitrogen and oxygen atoms in total. The molecule has 184 valence electrons. The third-order valence-corrected chi connectivity index (χ3v) is 5.98. The standard InChI is InChI=1S/C22H18BrF4N5O3/c23-17-14-9-11(10-29-21-31-30-20(35-21)15(33)5-7-22(25,26)27)6-8-32(14)18(16(17)19(28)34)12-1-3-13(24)4-2-12/h1-4,6,8-9,15,33H,5,7,10H2,(H2,28,34)(H,29,31). The van der Waals surface area contributed by atoms with E-state index in [4.69, 9.17) is 10.2 Å². The first kappa shape index (κ1) is 24.7. The SMILES string of the molecule is NC(=O)c1c(Br)c2cc(CNc3nnc(C(O)CCC(F)(F)F)o3)ccn2c1-c1ccc(F)cc1. The smallest absolute Gasteiger partial charge is 0.389 e. The van der Waals surface area contributed by atoms with Crippen molar-refractivity contribution < 1.29 is 31.9 Å². The van der Waals surface area contributed by atoms with Crippen LogP contribution in [0.5, 0.6) is 0 Å². The molecule has 3 heterocycles. The molecule has 1 unspecified atom stereocenters. The van der Waals surface area contributed by atoms with Crippen LogP contribution in [0, 0.1) is 5.82 Å². The highest BCUT2D eigenvalue weighted by Gasteiger charge is 2.29. The topological polar surface area (TPSA) is 119 Å². The van der Waals surface area contributed by atoms with Crippen LogP contribution in [0.1, 0.15) is 40.8 Å². The van der Waals surface area contributed by atoms with Gasteiger partial charge in [0, 0.05) is 19.2 Å². The van der Waals surface area contributed by atoms with Gasteiger partial charge in [-0.2, -0.15) is 13.2 Å². The molecule has 3 aromatic heterocycles. The predicted molar refractivity (Wildman–Crippen MR) is 121 cm³/mol. The largest absolute Gasteiger partial charge is 0.405 e. The summed E-state index contributed by atoms with van der Waals surface area (Å²) in [5, 5.41) is 19.9. The second-order valence-electron chi connectivity index (χ2n) is 7.67. The van der Waals surface area contributed by atoms with E-state index < -0.39 is 36.8 Å². The monoisotopic (exact) mass is 555 g/mol. The van der Waals surface area contributed by atoms with Crippen LogP contribution in [0.25, 0.3) is 16.8 Å². The number of nitrogens with one attached hydrogen (secondary N) is 1. The van der Waals surface area contributed by atoms with Gasteiger partial charge in [-0.1, -0.05) is 5.10 Å². The minimum atomic E-state index is -4.40. The highest BCUT2D eigenvalue weighted by molar-refractivity contribution is 9.10. The fourth-order valence-electron chi connectivity index (χ4n) is 3.53. The van der Waals surface area contributed by atoms with Crippen LogP contribution >= 0.6 is 15.9 Å². The van der Waals surface area contributed by atoms with Crippen LogP contribution in [-0.2, 0) is 6.54 Å². The number of primary amides is 1. The Bertz CT molecular complexity index is 1370. The van der Waals surface area contributed by atoms with E-state index in [1.807, 2.05) is 0 Å². The molecule has 0 saturated carbocycles. The van der Waals surface area contributed by atoms with Crippen molar-refractivity contribution in [2.45, 2.75) is 31.7 Å². The second-order valence-corrected chi connectivity index (χ2v) is 8.46. The summed E-state index contributed by atoms with van der Waals surface area (Å²) in [4.78, 5) is 12.2. The predicted octanol–water partition coefficient (Wildman–Crippen LogP) is 4.98. The number of rotatable bonds is 8. The third kappa shape index (κ3) is 5.46. The summed E-state index contributed by atoms with van der Waals surface area (Å²) in [7, 11) is 0. The maximum atomic E-state index is 13.4. The zero-order chi connectivity index (χ0) is 25.3. The van der Waals surface area contributed by atoms with E-state index in [9.17, 15) is 27.5 Å². The average molecular weight is 556 g/mol. The number of carbonyl (C=O) groups is 1. The number of hydrogen-bond acceptors (Lipinski definition) is 6. The lowest BCUT2D eigenvalue weighted by Crippen LogP contribution is -2.12. The molecule has 0 spiro atoms. The number of anilines is 1. The van der Waals surface area contributed by atoms with E-state index in [0.29, 0.717) is 21.2 Å². The summed E-state index contributed by atoms with van der Waals surface area (Å²) >= 11 is 3.43. The highest BCUT2D eigenvalue weighted by atomic mass is 79.9. The minimum Gasteiger partial charge on any atom is -0.405 e. The second kappa shape index (κ2) is 9.66. The Balaban J connectivity index is 1.55. The normalized spacial score (nSPS) is 12.7. The highest BCUT2D eigenvalue weighted by Crippen LogP contribution is 2.36.